The molecule has 0 aromatic carbocycles. The Morgan fingerprint density at radius 1 is 0.933 bits per heavy atom. The van der Waals surface area contributed by atoms with Crippen LogP contribution in [0.5, 0.6) is 0 Å². The van der Waals surface area contributed by atoms with Crippen molar-refractivity contribution < 1.29 is 13.2 Å². The van der Waals surface area contributed by atoms with E-state index in [1.54, 1.807) is 0 Å². The van der Waals surface area contributed by atoms with Gasteiger partial charge in [-0.05, 0) is 56.3 Å². The van der Waals surface area contributed by atoms with E-state index in [9.17, 15) is 13.2 Å². The Morgan fingerprint density at radius 2 is 1.33 bits per heavy atom. The second-order valence-electron chi connectivity index (χ2n) is 6.04. The SMILES string of the molecule is FCC(F)(F)C12CC3CC(CC(C3)C1)C2. The van der Waals surface area contributed by atoms with Gasteiger partial charge in [-0.25, -0.2) is 13.2 Å². The molecule has 4 rings (SSSR count). The van der Waals surface area contributed by atoms with Crippen molar-refractivity contribution in [2.45, 2.75) is 44.4 Å². The van der Waals surface area contributed by atoms with Crippen LogP contribution in [0, 0.1) is 23.2 Å². The monoisotopic (exact) mass is 218 g/mol. The summed E-state index contributed by atoms with van der Waals surface area (Å²) in [5.74, 6) is -1.67. The summed E-state index contributed by atoms with van der Waals surface area (Å²) in [6, 6.07) is 0. The molecule has 86 valence electrons. The van der Waals surface area contributed by atoms with E-state index < -0.39 is 18.0 Å². The van der Waals surface area contributed by atoms with Crippen molar-refractivity contribution in [3.63, 3.8) is 0 Å². The highest BCUT2D eigenvalue weighted by Crippen LogP contribution is 2.64. The summed E-state index contributed by atoms with van der Waals surface area (Å²) in [5.41, 5.74) is -0.962. The topological polar surface area (TPSA) is 0 Å². The highest BCUT2D eigenvalue weighted by molar-refractivity contribution is 5.06. The lowest BCUT2D eigenvalue weighted by molar-refractivity contribution is -0.209. The van der Waals surface area contributed by atoms with Crippen LogP contribution in [0.25, 0.3) is 0 Å². The molecule has 15 heavy (non-hydrogen) atoms. The van der Waals surface area contributed by atoms with E-state index in [2.05, 4.69) is 0 Å². The van der Waals surface area contributed by atoms with Gasteiger partial charge in [-0.2, -0.15) is 0 Å². The molecule has 0 spiro atoms. The van der Waals surface area contributed by atoms with E-state index in [1.165, 1.54) is 0 Å². The van der Waals surface area contributed by atoms with Crippen molar-refractivity contribution in [2.24, 2.45) is 23.2 Å². The minimum Gasteiger partial charge on any atom is -0.244 e. The molecule has 4 bridgehead atoms. The summed E-state index contributed by atoms with van der Waals surface area (Å²) in [6.45, 7) is -1.46. The number of rotatable bonds is 2. The Balaban J connectivity index is 1.93. The molecule has 4 saturated carbocycles. The zero-order valence-electron chi connectivity index (χ0n) is 8.82. The van der Waals surface area contributed by atoms with E-state index >= 15 is 0 Å². The van der Waals surface area contributed by atoms with Crippen molar-refractivity contribution in [3.8, 4) is 0 Å². The quantitative estimate of drug-likeness (QED) is 0.661. The molecule has 0 unspecified atom stereocenters. The van der Waals surface area contributed by atoms with Crippen molar-refractivity contribution >= 4 is 0 Å². The second-order valence-corrected chi connectivity index (χ2v) is 6.04. The number of alkyl halides is 3. The van der Waals surface area contributed by atoms with E-state index in [-0.39, 0.29) is 0 Å². The summed E-state index contributed by atoms with van der Waals surface area (Å²) in [4.78, 5) is 0. The minimum atomic E-state index is -3.07. The van der Waals surface area contributed by atoms with E-state index in [0.717, 1.165) is 19.3 Å². The molecule has 4 aliphatic rings. The Labute approximate surface area is 88.2 Å². The summed E-state index contributed by atoms with van der Waals surface area (Å²) >= 11 is 0. The van der Waals surface area contributed by atoms with Crippen LogP contribution in [-0.4, -0.2) is 12.6 Å². The third-order valence-corrected chi connectivity index (χ3v) is 4.98. The molecule has 0 atom stereocenters. The average Bonchev–Trinajstić information content (AvgIpc) is 2.15. The molecule has 0 heterocycles. The van der Waals surface area contributed by atoms with Gasteiger partial charge in [0.05, 0.1) is 0 Å². The van der Waals surface area contributed by atoms with Gasteiger partial charge in [-0.3, -0.25) is 0 Å². The first-order chi connectivity index (χ1) is 7.05. The first kappa shape index (κ1) is 9.98. The van der Waals surface area contributed by atoms with Crippen LogP contribution in [0.3, 0.4) is 0 Å². The third kappa shape index (κ3) is 1.27. The molecule has 0 saturated heterocycles. The molecule has 0 radical (unpaired) electrons. The van der Waals surface area contributed by atoms with Crippen molar-refractivity contribution in [1.82, 2.24) is 0 Å². The third-order valence-electron chi connectivity index (χ3n) is 4.98. The molecule has 3 heteroatoms. The predicted octanol–water partition coefficient (Wildman–Crippen LogP) is 3.81. The van der Waals surface area contributed by atoms with E-state index in [1.807, 2.05) is 0 Å². The fourth-order valence-electron chi connectivity index (χ4n) is 4.70. The zero-order chi connectivity index (χ0) is 10.7. The maximum absolute atomic E-state index is 13.7. The van der Waals surface area contributed by atoms with Crippen molar-refractivity contribution in [3.05, 3.63) is 0 Å². The molecule has 4 fully saturated rings. The van der Waals surface area contributed by atoms with Gasteiger partial charge >= 0.3 is 0 Å². The summed E-state index contributed by atoms with van der Waals surface area (Å²) in [7, 11) is 0. The van der Waals surface area contributed by atoms with Crippen LogP contribution in [0.4, 0.5) is 13.2 Å². The van der Waals surface area contributed by atoms with Crippen LogP contribution in [-0.2, 0) is 0 Å². The van der Waals surface area contributed by atoms with Gasteiger partial charge in [0.2, 0.25) is 0 Å². The molecule has 0 amide bonds. The molecular weight excluding hydrogens is 201 g/mol. The smallest absolute Gasteiger partial charge is 0.244 e. The summed E-state index contributed by atoms with van der Waals surface area (Å²) in [6.07, 6.45) is 5.12. The van der Waals surface area contributed by atoms with Gasteiger partial charge < -0.3 is 0 Å². The van der Waals surface area contributed by atoms with Gasteiger partial charge in [0.25, 0.3) is 5.92 Å². The first-order valence-electron chi connectivity index (χ1n) is 5.98. The van der Waals surface area contributed by atoms with Crippen LogP contribution in [0.2, 0.25) is 0 Å². The number of halogens is 3. The van der Waals surface area contributed by atoms with E-state index in [4.69, 9.17) is 0 Å². The van der Waals surface area contributed by atoms with Gasteiger partial charge in [0, 0.05) is 5.41 Å². The Hall–Kier alpha value is -0.210. The molecule has 0 aromatic rings. The Kier molecular flexibility index (Phi) is 1.94. The summed E-state index contributed by atoms with van der Waals surface area (Å²) in [5, 5.41) is 0. The van der Waals surface area contributed by atoms with Gasteiger partial charge in [-0.15, -0.1) is 0 Å². The van der Waals surface area contributed by atoms with Crippen molar-refractivity contribution in [1.29, 1.82) is 0 Å². The largest absolute Gasteiger partial charge is 0.281 e. The lowest BCUT2D eigenvalue weighted by atomic mass is 9.48. The van der Waals surface area contributed by atoms with Gasteiger partial charge in [0.1, 0.15) is 0 Å². The molecule has 0 aromatic heterocycles. The second kappa shape index (κ2) is 2.92. The molecule has 0 N–H and O–H groups in total. The fraction of sp³-hybridized carbons (Fsp3) is 1.00. The fourth-order valence-corrected chi connectivity index (χ4v) is 4.70. The highest BCUT2D eigenvalue weighted by Gasteiger charge is 2.62. The maximum Gasteiger partial charge on any atom is 0.281 e. The Morgan fingerprint density at radius 3 is 1.67 bits per heavy atom. The predicted molar refractivity (Wildman–Crippen MR) is 51.5 cm³/mol. The zero-order valence-corrected chi connectivity index (χ0v) is 8.82. The van der Waals surface area contributed by atoms with Gasteiger partial charge in [-0.1, -0.05) is 0 Å². The number of hydrogen-bond donors (Lipinski definition) is 0. The minimum absolute atomic E-state index is 0.466. The maximum atomic E-state index is 13.7. The highest BCUT2D eigenvalue weighted by atomic mass is 19.3. The Bertz CT molecular complexity index is 237. The average molecular weight is 218 g/mol. The molecule has 4 aliphatic carbocycles. The summed E-state index contributed by atoms with van der Waals surface area (Å²) < 4.78 is 40.0. The molecule has 0 aliphatic heterocycles. The van der Waals surface area contributed by atoms with Crippen LogP contribution >= 0.6 is 0 Å². The van der Waals surface area contributed by atoms with Crippen LogP contribution < -0.4 is 0 Å². The van der Waals surface area contributed by atoms with Crippen LogP contribution in [0.1, 0.15) is 38.5 Å². The molecular formula is C12H17F3. The molecule has 0 nitrogen and oxygen atoms in total. The lowest BCUT2D eigenvalue weighted by Gasteiger charge is -2.58. The van der Waals surface area contributed by atoms with Crippen molar-refractivity contribution in [2.75, 3.05) is 6.67 Å². The first-order valence-corrected chi connectivity index (χ1v) is 5.98. The van der Waals surface area contributed by atoms with Gasteiger partial charge in [0.15, 0.2) is 6.67 Å². The van der Waals surface area contributed by atoms with Crippen LogP contribution in [0.15, 0.2) is 0 Å². The standard InChI is InChI=1S/C12H17F3/c13-7-12(14,15)11-4-8-1-9(5-11)3-10(2-8)6-11/h8-10H,1-7H2. The normalized spacial score (nSPS) is 48.6. The lowest BCUT2D eigenvalue weighted by Crippen LogP contribution is -2.55. The van der Waals surface area contributed by atoms with E-state index in [0.29, 0.717) is 37.0 Å². The number of hydrogen-bond acceptors (Lipinski definition) is 0.